The van der Waals surface area contributed by atoms with Crippen molar-refractivity contribution in [3.8, 4) is 0 Å². The summed E-state index contributed by atoms with van der Waals surface area (Å²) >= 11 is 0. The molecule has 0 bridgehead atoms. The van der Waals surface area contributed by atoms with Gasteiger partial charge < -0.3 is 15.5 Å². The van der Waals surface area contributed by atoms with Gasteiger partial charge in [-0.1, -0.05) is 49.6 Å². The number of anilines is 2. The number of benzene rings is 2. The zero-order valence-electron chi connectivity index (χ0n) is 21.3. The molecule has 0 spiro atoms. The lowest BCUT2D eigenvalue weighted by Crippen LogP contribution is -2.52. The largest absolute Gasteiger partial charge is 0.341 e. The fraction of sp³-hybridized carbons (Fsp3) is 0.429. The number of hydrogen-bond donors (Lipinski definition) is 2. The lowest BCUT2D eigenvalue weighted by molar-refractivity contribution is -0.132. The SMILES string of the molecule is CC1=N[C@@H](NC(=O)Nc2cccc(C)c2)C(=O)N(CC(=O)N2CCCCCCC2)c2c(C)cccc21. The first-order valence-electron chi connectivity index (χ1n) is 12.7. The number of benzodiazepines with no additional fused rings is 1. The van der Waals surface area contributed by atoms with Crippen molar-refractivity contribution in [1.29, 1.82) is 0 Å². The minimum Gasteiger partial charge on any atom is -0.341 e. The van der Waals surface area contributed by atoms with Crippen LogP contribution in [0.3, 0.4) is 0 Å². The number of amides is 4. The van der Waals surface area contributed by atoms with E-state index in [1.165, 1.54) is 11.3 Å². The summed E-state index contributed by atoms with van der Waals surface area (Å²) in [6.45, 7) is 7.01. The standard InChI is InChI=1S/C28H35N5O3/c1-19-11-9-13-22(17-19)30-28(36)31-26-27(35)33(18-24(34)32-15-7-5-4-6-8-16-32)25-20(2)12-10-14-23(25)21(3)29-26/h9-14,17,26H,4-8,15-16,18H2,1-3H3,(H2,30,31,36)/t26-/m0/s1. The third-order valence-corrected chi connectivity index (χ3v) is 6.77. The number of rotatable bonds is 4. The Labute approximate surface area is 212 Å². The summed E-state index contributed by atoms with van der Waals surface area (Å²) in [7, 11) is 0. The number of para-hydroxylation sites is 1. The van der Waals surface area contributed by atoms with Gasteiger partial charge in [-0.25, -0.2) is 4.79 Å². The normalized spacial score (nSPS) is 18.4. The van der Waals surface area contributed by atoms with Crippen LogP contribution in [0.25, 0.3) is 0 Å². The molecule has 0 saturated carbocycles. The van der Waals surface area contributed by atoms with Gasteiger partial charge in [0.05, 0.1) is 5.69 Å². The van der Waals surface area contributed by atoms with Gasteiger partial charge in [0, 0.05) is 30.1 Å². The zero-order valence-corrected chi connectivity index (χ0v) is 21.3. The Kier molecular flexibility index (Phi) is 8.03. The number of aryl methyl sites for hydroxylation is 2. The molecular formula is C28H35N5O3. The molecule has 8 heteroatoms. The number of hydrogen-bond acceptors (Lipinski definition) is 4. The van der Waals surface area contributed by atoms with Crippen molar-refractivity contribution >= 4 is 34.9 Å². The number of aliphatic imine (C=N–C) groups is 1. The summed E-state index contributed by atoms with van der Waals surface area (Å²) in [5.74, 6) is -0.510. The van der Waals surface area contributed by atoms with E-state index in [-0.39, 0.29) is 12.5 Å². The minimum atomic E-state index is -1.15. The average Bonchev–Trinajstić information content (AvgIpc) is 2.90. The van der Waals surface area contributed by atoms with E-state index in [0.717, 1.165) is 42.4 Å². The highest BCUT2D eigenvalue weighted by atomic mass is 16.2. The Morgan fingerprint density at radius 1 is 0.972 bits per heavy atom. The summed E-state index contributed by atoms with van der Waals surface area (Å²) < 4.78 is 0. The van der Waals surface area contributed by atoms with E-state index < -0.39 is 18.1 Å². The first-order chi connectivity index (χ1) is 17.3. The number of nitrogens with one attached hydrogen (secondary N) is 2. The van der Waals surface area contributed by atoms with Crippen LogP contribution >= 0.6 is 0 Å². The summed E-state index contributed by atoms with van der Waals surface area (Å²) in [5.41, 5.74) is 4.59. The van der Waals surface area contributed by atoms with E-state index in [9.17, 15) is 14.4 Å². The number of likely N-dealkylation sites (tertiary alicyclic amines) is 1. The van der Waals surface area contributed by atoms with Gasteiger partial charge in [0.2, 0.25) is 12.1 Å². The molecule has 2 aliphatic heterocycles. The highest BCUT2D eigenvalue weighted by Gasteiger charge is 2.34. The predicted octanol–water partition coefficient (Wildman–Crippen LogP) is 4.40. The molecular weight excluding hydrogens is 454 g/mol. The van der Waals surface area contributed by atoms with Gasteiger partial charge in [0.15, 0.2) is 0 Å². The number of carbonyl (C=O) groups is 3. The average molecular weight is 490 g/mol. The van der Waals surface area contributed by atoms with Crippen LogP contribution in [0.1, 0.15) is 55.7 Å². The molecule has 36 heavy (non-hydrogen) atoms. The summed E-state index contributed by atoms with van der Waals surface area (Å²) in [6.07, 6.45) is 4.23. The fourth-order valence-corrected chi connectivity index (χ4v) is 4.88. The van der Waals surface area contributed by atoms with Crippen LogP contribution < -0.4 is 15.5 Å². The molecule has 2 N–H and O–H groups in total. The molecule has 8 nitrogen and oxygen atoms in total. The second-order valence-corrected chi connectivity index (χ2v) is 9.63. The van der Waals surface area contributed by atoms with Crippen molar-refractivity contribution in [3.05, 3.63) is 59.2 Å². The van der Waals surface area contributed by atoms with Gasteiger partial charge in [-0.05, 0) is 56.9 Å². The van der Waals surface area contributed by atoms with Gasteiger partial charge in [-0.15, -0.1) is 0 Å². The summed E-state index contributed by atoms with van der Waals surface area (Å²) in [5, 5.41) is 5.48. The molecule has 0 unspecified atom stereocenters. The quantitative estimate of drug-likeness (QED) is 0.667. The fourth-order valence-electron chi connectivity index (χ4n) is 4.88. The molecule has 2 heterocycles. The maximum absolute atomic E-state index is 13.8. The highest BCUT2D eigenvalue weighted by Crippen LogP contribution is 2.29. The van der Waals surface area contributed by atoms with Gasteiger partial charge in [0.25, 0.3) is 5.91 Å². The van der Waals surface area contributed by atoms with Gasteiger partial charge in [0.1, 0.15) is 6.54 Å². The molecule has 2 aliphatic rings. The van der Waals surface area contributed by atoms with Crippen molar-refractivity contribution in [2.45, 2.75) is 59.0 Å². The molecule has 4 amide bonds. The second-order valence-electron chi connectivity index (χ2n) is 9.63. The van der Waals surface area contributed by atoms with Crippen LogP contribution in [-0.4, -0.2) is 54.3 Å². The Bertz CT molecular complexity index is 1170. The molecule has 2 aromatic carbocycles. The van der Waals surface area contributed by atoms with E-state index >= 15 is 0 Å². The minimum absolute atomic E-state index is 0.0815. The molecule has 0 aromatic heterocycles. The lowest BCUT2D eigenvalue weighted by Gasteiger charge is -2.30. The van der Waals surface area contributed by atoms with Crippen molar-refractivity contribution in [2.24, 2.45) is 4.99 Å². The van der Waals surface area contributed by atoms with Crippen molar-refractivity contribution in [2.75, 3.05) is 29.9 Å². The molecule has 190 valence electrons. The van der Waals surface area contributed by atoms with E-state index in [0.29, 0.717) is 30.2 Å². The molecule has 0 aliphatic carbocycles. The molecule has 2 aromatic rings. The Morgan fingerprint density at radius 3 is 2.39 bits per heavy atom. The van der Waals surface area contributed by atoms with Crippen molar-refractivity contribution in [1.82, 2.24) is 10.2 Å². The second kappa shape index (κ2) is 11.4. The van der Waals surface area contributed by atoms with E-state index in [2.05, 4.69) is 15.6 Å². The van der Waals surface area contributed by atoms with Gasteiger partial charge in [-0.2, -0.15) is 0 Å². The number of carbonyl (C=O) groups excluding carboxylic acids is 3. The van der Waals surface area contributed by atoms with E-state index in [4.69, 9.17) is 0 Å². The monoisotopic (exact) mass is 489 g/mol. The summed E-state index contributed by atoms with van der Waals surface area (Å²) in [4.78, 5) is 47.9. The molecule has 4 rings (SSSR count). The third-order valence-electron chi connectivity index (χ3n) is 6.77. The molecule has 1 fully saturated rings. The highest BCUT2D eigenvalue weighted by molar-refractivity contribution is 6.14. The van der Waals surface area contributed by atoms with Gasteiger partial charge >= 0.3 is 6.03 Å². The molecule has 1 atom stereocenters. The first kappa shape index (κ1) is 25.4. The van der Waals surface area contributed by atoms with Crippen molar-refractivity contribution in [3.63, 3.8) is 0 Å². The predicted molar refractivity (Wildman–Crippen MR) is 143 cm³/mol. The Hall–Kier alpha value is -3.68. The molecule has 0 radical (unpaired) electrons. The zero-order chi connectivity index (χ0) is 25.7. The third kappa shape index (κ3) is 5.93. The smallest absolute Gasteiger partial charge is 0.321 e. The van der Waals surface area contributed by atoms with E-state index in [1.54, 1.807) is 6.07 Å². The van der Waals surface area contributed by atoms with Crippen molar-refractivity contribution < 1.29 is 14.4 Å². The van der Waals surface area contributed by atoms with Crippen LogP contribution in [-0.2, 0) is 9.59 Å². The van der Waals surface area contributed by atoms with Crippen LogP contribution in [0.4, 0.5) is 16.2 Å². The topological polar surface area (TPSA) is 94.1 Å². The van der Waals surface area contributed by atoms with Crippen LogP contribution in [0.5, 0.6) is 0 Å². The van der Waals surface area contributed by atoms with Crippen LogP contribution in [0.15, 0.2) is 47.5 Å². The van der Waals surface area contributed by atoms with E-state index in [1.807, 2.05) is 62.1 Å². The Balaban J connectivity index is 1.59. The van der Waals surface area contributed by atoms with Gasteiger partial charge in [-0.3, -0.25) is 19.5 Å². The van der Waals surface area contributed by atoms with Crippen LogP contribution in [0.2, 0.25) is 0 Å². The summed E-state index contributed by atoms with van der Waals surface area (Å²) in [6, 6.07) is 12.6. The number of urea groups is 1. The lowest BCUT2D eigenvalue weighted by atomic mass is 10.0. The maximum Gasteiger partial charge on any atom is 0.321 e. The Morgan fingerprint density at radius 2 is 1.67 bits per heavy atom. The number of fused-ring (bicyclic) bond motifs is 1. The number of nitrogens with zero attached hydrogens (tertiary/aromatic N) is 3. The first-order valence-corrected chi connectivity index (χ1v) is 12.7. The molecule has 1 saturated heterocycles. The maximum atomic E-state index is 13.8. The van der Waals surface area contributed by atoms with Crippen LogP contribution in [0, 0.1) is 13.8 Å².